The van der Waals surface area contributed by atoms with Gasteiger partial charge in [0.05, 0.1) is 11.9 Å². The Morgan fingerprint density at radius 2 is 1.80 bits per heavy atom. The molecule has 238 valence electrons. The highest BCUT2D eigenvalue weighted by atomic mass is 19.4. The van der Waals surface area contributed by atoms with Crippen LogP contribution in [0.3, 0.4) is 0 Å². The predicted molar refractivity (Wildman–Crippen MR) is 168 cm³/mol. The van der Waals surface area contributed by atoms with Crippen LogP contribution in [-0.4, -0.2) is 63.7 Å². The summed E-state index contributed by atoms with van der Waals surface area (Å²) in [6.07, 6.45) is 2.15. The second-order valence-electron chi connectivity index (χ2n) is 14.6. The second-order valence-corrected chi connectivity index (χ2v) is 14.6. The molecule has 2 aromatic carbocycles. The maximum Gasteiger partial charge on any atom is 0.393 e. The number of rotatable bonds is 8. The van der Waals surface area contributed by atoms with Crippen LogP contribution < -0.4 is 10.2 Å². The monoisotopic (exact) mass is 627 g/mol. The van der Waals surface area contributed by atoms with Crippen LogP contribution in [0.5, 0.6) is 0 Å². The van der Waals surface area contributed by atoms with Crippen LogP contribution in [0.25, 0.3) is 21.8 Å². The highest BCUT2D eigenvalue weighted by Gasteiger charge is 2.67. The fourth-order valence-electron chi connectivity index (χ4n) is 9.07. The third-order valence-electron chi connectivity index (χ3n) is 11.3. The molecule has 11 heteroatoms. The molecular formula is C35H36F3N7O. The molecule has 1 spiro atoms. The third kappa shape index (κ3) is 4.80. The highest BCUT2D eigenvalue weighted by molar-refractivity contribution is 5.90. The maximum atomic E-state index is 13.0. The topological polar surface area (TPSA) is 90.1 Å². The van der Waals surface area contributed by atoms with Crippen molar-refractivity contribution in [3.05, 3.63) is 65.1 Å². The van der Waals surface area contributed by atoms with Gasteiger partial charge < -0.3 is 14.8 Å². The molecule has 1 amide bonds. The van der Waals surface area contributed by atoms with E-state index in [-0.39, 0.29) is 21.9 Å². The molecule has 46 heavy (non-hydrogen) atoms. The summed E-state index contributed by atoms with van der Waals surface area (Å²) in [6, 6.07) is 13.6. The first-order valence-corrected chi connectivity index (χ1v) is 16.0. The molecule has 9 rings (SSSR count). The molecule has 4 aromatic rings. The lowest BCUT2D eigenvalue weighted by Gasteiger charge is -2.70. The summed E-state index contributed by atoms with van der Waals surface area (Å²) >= 11 is 0. The van der Waals surface area contributed by atoms with Crippen molar-refractivity contribution in [2.45, 2.75) is 70.3 Å². The van der Waals surface area contributed by atoms with Crippen LogP contribution in [0, 0.1) is 29.1 Å². The van der Waals surface area contributed by atoms with Crippen LogP contribution in [-0.2, 0) is 24.3 Å². The number of aromatic nitrogens is 3. The van der Waals surface area contributed by atoms with Gasteiger partial charge in [0.15, 0.2) is 0 Å². The van der Waals surface area contributed by atoms with Gasteiger partial charge >= 0.3 is 6.18 Å². The quantitative estimate of drug-likeness (QED) is 0.255. The predicted octanol–water partition coefficient (Wildman–Crippen LogP) is 5.64. The normalized spacial score (nSPS) is 25.2. The van der Waals surface area contributed by atoms with Crippen molar-refractivity contribution >= 4 is 34.0 Å². The van der Waals surface area contributed by atoms with Crippen molar-refractivity contribution < 1.29 is 18.0 Å². The molecule has 5 aliphatic rings. The molecule has 4 heterocycles. The molecule has 0 unspecified atom stereocenters. The molecule has 2 aromatic heterocycles. The Morgan fingerprint density at radius 1 is 1.04 bits per heavy atom. The number of nitrogens with zero attached hydrogens (tertiary/aromatic N) is 6. The Kier molecular flexibility index (Phi) is 6.46. The fraction of sp³-hybridized carbons (Fsp3) is 0.486. The van der Waals surface area contributed by atoms with Gasteiger partial charge in [0.25, 0.3) is 0 Å². The fourth-order valence-corrected chi connectivity index (χ4v) is 9.07. The van der Waals surface area contributed by atoms with E-state index < -0.39 is 12.6 Å². The number of nitriles is 1. The molecule has 3 aliphatic carbocycles. The Morgan fingerprint density at radius 3 is 2.50 bits per heavy atom. The number of benzene rings is 2. The van der Waals surface area contributed by atoms with Crippen molar-refractivity contribution in [2.24, 2.45) is 10.8 Å². The summed E-state index contributed by atoms with van der Waals surface area (Å²) in [7, 11) is 0. The van der Waals surface area contributed by atoms with E-state index in [0.717, 1.165) is 94.5 Å². The van der Waals surface area contributed by atoms with Gasteiger partial charge in [0, 0.05) is 53.4 Å². The average molecular weight is 628 g/mol. The zero-order chi connectivity index (χ0) is 31.9. The lowest BCUT2D eigenvalue weighted by molar-refractivity contribution is -0.166. The van der Waals surface area contributed by atoms with E-state index in [0.29, 0.717) is 16.6 Å². The lowest BCUT2D eigenvalue weighted by Crippen LogP contribution is -2.74. The van der Waals surface area contributed by atoms with Gasteiger partial charge in [-0.2, -0.15) is 18.4 Å². The molecule has 2 bridgehead atoms. The number of fused-ring (bicyclic) bond motifs is 2. The van der Waals surface area contributed by atoms with E-state index in [1.165, 1.54) is 23.5 Å². The number of aryl methyl sites for hydroxylation is 1. The zero-order valence-electron chi connectivity index (χ0n) is 25.8. The summed E-state index contributed by atoms with van der Waals surface area (Å²) in [5, 5.41) is 14.8. The Hall–Kier alpha value is -4.17. The number of halogens is 3. The number of nitrogens with one attached hydrogen (secondary N) is 1. The number of piperidine rings is 1. The molecule has 0 atom stereocenters. The first-order valence-electron chi connectivity index (χ1n) is 16.0. The molecule has 3 saturated carbocycles. The number of alkyl halides is 3. The number of hydrogen-bond donors (Lipinski definition) is 1. The first-order chi connectivity index (χ1) is 22.0. The number of likely N-dealkylation sites (tertiary alicyclic amines) is 1. The largest absolute Gasteiger partial charge is 0.393 e. The summed E-state index contributed by atoms with van der Waals surface area (Å²) in [5.74, 6) is 0.723. The van der Waals surface area contributed by atoms with E-state index >= 15 is 0 Å². The van der Waals surface area contributed by atoms with Gasteiger partial charge in [0.1, 0.15) is 23.9 Å². The summed E-state index contributed by atoms with van der Waals surface area (Å²) < 4.78 is 41.3. The minimum absolute atomic E-state index is 0.0145. The Bertz CT molecular complexity index is 1890. The maximum absolute atomic E-state index is 13.0. The van der Waals surface area contributed by atoms with E-state index in [4.69, 9.17) is 0 Å². The smallest absolute Gasteiger partial charge is 0.355 e. The minimum Gasteiger partial charge on any atom is -0.355 e. The molecular weight excluding hydrogens is 591 g/mol. The van der Waals surface area contributed by atoms with Crippen LogP contribution in [0.2, 0.25) is 0 Å². The average Bonchev–Trinajstić information content (AvgIpc) is 3.33. The zero-order valence-corrected chi connectivity index (χ0v) is 25.8. The second kappa shape index (κ2) is 10.2. The van der Waals surface area contributed by atoms with Gasteiger partial charge in [-0.25, -0.2) is 9.97 Å². The molecule has 2 aliphatic heterocycles. The number of hydrogen-bond acceptors (Lipinski definition) is 6. The Balaban J connectivity index is 0.920. The van der Waals surface area contributed by atoms with Gasteiger partial charge in [0.2, 0.25) is 6.41 Å². The first kappa shape index (κ1) is 29.2. The molecule has 0 radical (unpaired) electrons. The number of amides is 1. The van der Waals surface area contributed by atoms with E-state index in [1.54, 1.807) is 12.1 Å². The standard InChI is InChI=1S/C35H36F3N7O/c1-23-25(3-5-30-27(23)11-26(13-39)45(30)20-33-15-34(16-33,17-33)42-22-46)14-43-8-6-32(7-9-43)18-44(19-32)31-28-10-24(12-35(36,37)38)2-4-29(28)40-21-41-31/h2-5,10-11,21-22H,6-9,12,14-20H2,1H3,(H,42,46). The molecule has 1 N–H and O–H groups in total. The van der Waals surface area contributed by atoms with E-state index in [2.05, 4.69) is 54.8 Å². The van der Waals surface area contributed by atoms with Crippen LogP contribution >= 0.6 is 0 Å². The highest BCUT2D eigenvalue weighted by Crippen LogP contribution is 2.68. The SMILES string of the molecule is Cc1c(CN2CCC3(CC2)CN(c2ncnc4ccc(CC(F)(F)F)cc24)C3)ccc2c1cc(C#N)n2CC12CC(NC=O)(C1)C2. The summed E-state index contributed by atoms with van der Waals surface area (Å²) in [6.45, 7) is 7.49. The molecule has 8 nitrogen and oxygen atoms in total. The van der Waals surface area contributed by atoms with Crippen molar-refractivity contribution in [1.29, 1.82) is 5.26 Å². The van der Waals surface area contributed by atoms with Gasteiger partial charge in [-0.3, -0.25) is 9.69 Å². The Labute approximate surface area is 265 Å². The van der Waals surface area contributed by atoms with Crippen molar-refractivity contribution in [3.8, 4) is 6.07 Å². The minimum atomic E-state index is -4.26. The summed E-state index contributed by atoms with van der Waals surface area (Å²) in [4.78, 5) is 24.4. The number of carbonyl (C=O) groups is 1. The number of carbonyl (C=O) groups excluding carboxylic acids is 1. The molecule has 2 saturated heterocycles. The van der Waals surface area contributed by atoms with Crippen LogP contribution in [0.1, 0.15) is 54.5 Å². The van der Waals surface area contributed by atoms with E-state index in [9.17, 15) is 23.2 Å². The van der Waals surface area contributed by atoms with E-state index in [1.807, 2.05) is 6.07 Å². The van der Waals surface area contributed by atoms with Gasteiger partial charge in [-0.1, -0.05) is 12.1 Å². The molecule has 5 fully saturated rings. The number of anilines is 1. The van der Waals surface area contributed by atoms with Gasteiger partial charge in [-0.05, 0) is 98.5 Å². The van der Waals surface area contributed by atoms with Crippen LogP contribution in [0.4, 0.5) is 19.0 Å². The summed E-state index contributed by atoms with van der Waals surface area (Å²) in [5.41, 5.74) is 5.55. The van der Waals surface area contributed by atoms with Crippen molar-refractivity contribution in [3.63, 3.8) is 0 Å². The van der Waals surface area contributed by atoms with Gasteiger partial charge in [-0.15, -0.1) is 0 Å². The third-order valence-corrected chi connectivity index (χ3v) is 11.3. The van der Waals surface area contributed by atoms with Crippen molar-refractivity contribution in [2.75, 3.05) is 31.1 Å². The van der Waals surface area contributed by atoms with Crippen LogP contribution in [0.15, 0.2) is 42.7 Å². The van der Waals surface area contributed by atoms with Crippen molar-refractivity contribution in [1.82, 2.24) is 24.8 Å². The lowest BCUT2D eigenvalue weighted by atomic mass is 9.39.